The van der Waals surface area contributed by atoms with E-state index in [9.17, 15) is 13.2 Å². The number of aromatic amines is 1. The predicted molar refractivity (Wildman–Crippen MR) is 132 cm³/mol. The second-order valence-electron chi connectivity index (χ2n) is 8.57. The van der Waals surface area contributed by atoms with Crippen molar-refractivity contribution in [1.82, 2.24) is 24.5 Å². The van der Waals surface area contributed by atoms with Crippen molar-refractivity contribution in [2.24, 2.45) is 0 Å². The van der Waals surface area contributed by atoms with Crippen molar-refractivity contribution in [1.29, 1.82) is 0 Å². The van der Waals surface area contributed by atoms with E-state index >= 15 is 0 Å². The molecule has 0 saturated carbocycles. The fourth-order valence-electron chi connectivity index (χ4n) is 4.48. The summed E-state index contributed by atoms with van der Waals surface area (Å²) in [6.45, 7) is 3.63. The SMILES string of the molecule is Cc1cnc2c(S(=O)(=O)N3CCN(C(=O)NCCc4c[nH]c5ccccc45)CC3)cccc2c1. The molecule has 2 amide bonds. The van der Waals surface area contributed by atoms with Gasteiger partial charge in [-0.1, -0.05) is 30.3 Å². The van der Waals surface area contributed by atoms with E-state index in [1.54, 1.807) is 23.2 Å². The van der Waals surface area contributed by atoms with Gasteiger partial charge in [-0.25, -0.2) is 13.2 Å². The van der Waals surface area contributed by atoms with Crippen molar-refractivity contribution in [3.8, 4) is 0 Å². The van der Waals surface area contributed by atoms with Gasteiger partial charge >= 0.3 is 6.03 Å². The van der Waals surface area contributed by atoms with Crippen molar-refractivity contribution >= 4 is 37.9 Å². The van der Waals surface area contributed by atoms with Crippen LogP contribution in [0.3, 0.4) is 0 Å². The number of benzene rings is 2. The van der Waals surface area contributed by atoms with Gasteiger partial charge in [-0.05, 0) is 42.7 Å². The molecule has 9 heteroatoms. The second kappa shape index (κ2) is 9.08. The minimum atomic E-state index is -3.71. The molecule has 2 N–H and O–H groups in total. The zero-order chi connectivity index (χ0) is 23.7. The van der Waals surface area contributed by atoms with Crippen LogP contribution in [0.25, 0.3) is 21.8 Å². The summed E-state index contributed by atoms with van der Waals surface area (Å²) in [5, 5.41) is 4.93. The maximum absolute atomic E-state index is 13.3. The smallest absolute Gasteiger partial charge is 0.317 e. The van der Waals surface area contributed by atoms with Crippen LogP contribution < -0.4 is 5.32 Å². The summed E-state index contributed by atoms with van der Waals surface area (Å²) in [6, 6.07) is 15.1. The molecule has 2 aromatic carbocycles. The lowest BCUT2D eigenvalue weighted by molar-refractivity contribution is 0.172. The number of H-pyrrole nitrogens is 1. The molecule has 0 atom stereocenters. The van der Waals surface area contributed by atoms with Crippen LogP contribution in [-0.4, -0.2) is 66.3 Å². The molecule has 0 spiro atoms. The summed E-state index contributed by atoms with van der Waals surface area (Å²) in [5.41, 5.74) is 3.69. The van der Waals surface area contributed by atoms with Gasteiger partial charge in [0.1, 0.15) is 4.90 Å². The van der Waals surface area contributed by atoms with Gasteiger partial charge in [-0.3, -0.25) is 4.98 Å². The molecule has 0 bridgehead atoms. The highest BCUT2D eigenvalue weighted by molar-refractivity contribution is 7.89. The van der Waals surface area contributed by atoms with Gasteiger partial charge in [0.25, 0.3) is 0 Å². The van der Waals surface area contributed by atoms with Crippen molar-refractivity contribution in [2.45, 2.75) is 18.2 Å². The summed E-state index contributed by atoms with van der Waals surface area (Å²) < 4.78 is 28.1. The van der Waals surface area contributed by atoms with Crippen LogP contribution in [0.15, 0.2) is 65.8 Å². The lowest BCUT2D eigenvalue weighted by Crippen LogP contribution is -2.53. The van der Waals surface area contributed by atoms with Gasteiger partial charge in [-0.2, -0.15) is 4.31 Å². The van der Waals surface area contributed by atoms with Crippen LogP contribution >= 0.6 is 0 Å². The molecule has 1 aliphatic heterocycles. The third kappa shape index (κ3) is 4.24. The predicted octanol–water partition coefficient (Wildman–Crippen LogP) is 3.28. The van der Waals surface area contributed by atoms with Crippen LogP contribution in [0.5, 0.6) is 0 Å². The van der Waals surface area contributed by atoms with E-state index in [4.69, 9.17) is 0 Å². The highest BCUT2D eigenvalue weighted by Crippen LogP contribution is 2.25. The highest BCUT2D eigenvalue weighted by Gasteiger charge is 2.31. The van der Waals surface area contributed by atoms with Crippen LogP contribution in [0.1, 0.15) is 11.1 Å². The number of sulfonamides is 1. The van der Waals surface area contributed by atoms with Gasteiger partial charge in [-0.15, -0.1) is 0 Å². The zero-order valence-corrected chi connectivity index (χ0v) is 19.8. The number of hydrogen-bond donors (Lipinski definition) is 2. The number of carbonyl (C=O) groups excluding carboxylic acids is 1. The van der Waals surface area contributed by atoms with Gasteiger partial charge in [0, 0.05) is 61.4 Å². The van der Waals surface area contributed by atoms with Gasteiger partial charge in [0.2, 0.25) is 10.0 Å². The largest absolute Gasteiger partial charge is 0.361 e. The third-order valence-electron chi connectivity index (χ3n) is 6.30. The number of hydrogen-bond acceptors (Lipinski definition) is 4. The Labute approximate surface area is 198 Å². The molecule has 2 aromatic heterocycles. The van der Waals surface area contributed by atoms with Crippen LogP contribution in [-0.2, 0) is 16.4 Å². The van der Waals surface area contributed by atoms with Crippen LogP contribution in [0, 0.1) is 6.92 Å². The fraction of sp³-hybridized carbons (Fsp3) is 0.280. The molecule has 1 saturated heterocycles. The normalized spacial score (nSPS) is 15.1. The average Bonchev–Trinajstić information content (AvgIpc) is 3.26. The third-order valence-corrected chi connectivity index (χ3v) is 8.23. The number of fused-ring (bicyclic) bond motifs is 2. The van der Waals surface area contributed by atoms with E-state index in [0.29, 0.717) is 25.2 Å². The minimum absolute atomic E-state index is 0.167. The standard InChI is InChI=1S/C25H27N5O3S/c1-18-15-19-5-4-8-23(24(19)28-16-18)34(32,33)30-13-11-29(12-14-30)25(31)26-10-9-20-17-27-22-7-3-2-6-21(20)22/h2-8,15-17,27H,9-14H2,1H3,(H,26,31). The number of pyridine rings is 1. The van der Waals surface area contributed by atoms with Crippen molar-refractivity contribution in [2.75, 3.05) is 32.7 Å². The monoisotopic (exact) mass is 477 g/mol. The summed E-state index contributed by atoms with van der Waals surface area (Å²) >= 11 is 0. The Bertz CT molecular complexity index is 1460. The molecule has 3 heterocycles. The molecule has 1 aliphatic rings. The Morgan fingerprint density at radius 1 is 1.09 bits per heavy atom. The van der Waals surface area contributed by atoms with E-state index in [1.165, 1.54) is 4.31 Å². The van der Waals surface area contributed by atoms with Gasteiger partial charge in [0.15, 0.2) is 0 Å². The minimum Gasteiger partial charge on any atom is -0.361 e. The number of aryl methyl sites for hydroxylation is 1. The lowest BCUT2D eigenvalue weighted by atomic mass is 10.1. The van der Waals surface area contributed by atoms with E-state index in [-0.39, 0.29) is 24.0 Å². The first-order chi connectivity index (χ1) is 16.4. The Kier molecular flexibility index (Phi) is 5.97. The molecule has 0 aliphatic carbocycles. The van der Waals surface area contributed by atoms with E-state index in [2.05, 4.69) is 21.4 Å². The molecule has 34 heavy (non-hydrogen) atoms. The number of rotatable bonds is 5. The molecular weight excluding hydrogens is 450 g/mol. The topological polar surface area (TPSA) is 98.4 Å². The van der Waals surface area contributed by atoms with Gasteiger partial charge < -0.3 is 15.2 Å². The van der Waals surface area contributed by atoms with Crippen molar-refractivity contribution < 1.29 is 13.2 Å². The van der Waals surface area contributed by atoms with Crippen LogP contribution in [0.4, 0.5) is 4.79 Å². The number of carbonyl (C=O) groups is 1. The molecule has 0 unspecified atom stereocenters. The Morgan fingerprint density at radius 2 is 1.88 bits per heavy atom. The maximum atomic E-state index is 13.3. The van der Waals surface area contributed by atoms with Crippen molar-refractivity contribution in [3.63, 3.8) is 0 Å². The molecule has 8 nitrogen and oxygen atoms in total. The number of nitrogens with one attached hydrogen (secondary N) is 2. The van der Waals surface area contributed by atoms with Crippen molar-refractivity contribution in [3.05, 3.63) is 72.1 Å². The van der Waals surface area contributed by atoms with E-state index in [1.807, 2.05) is 43.5 Å². The quantitative estimate of drug-likeness (QED) is 0.461. The first-order valence-electron chi connectivity index (χ1n) is 11.4. The first-order valence-corrected chi connectivity index (χ1v) is 12.8. The lowest BCUT2D eigenvalue weighted by Gasteiger charge is -2.34. The number of piperazine rings is 1. The summed E-state index contributed by atoms with van der Waals surface area (Å²) in [5.74, 6) is 0. The summed E-state index contributed by atoms with van der Waals surface area (Å²) in [6.07, 6.45) is 4.38. The highest BCUT2D eigenvalue weighted by atomic mass is 32.2. The Morgan fingerprint density at radius 3 is 2.71 bits per heavy atom. The van der Waals surface area contributed by atoms with E-state index < -0.39 is 10.0 Å². The molecule has 5 rings (SSSR count). The van der Waals surface area contributed by atoms with E-state index in [0.717, 1.165) is 33.8 Å². The Balaban J connectivity index is 1.19. The summed E-state index contributed by atoms with van der Waals surface area (Å²) in [4.78, 5) is 22.2. The number of nitrogens with zero attached hydrogens (tertiary/aromatic N) is 3. The van der Waals surface area contributed by atoms with Crippen LogP contribution in [0.2, 0.25) is 0 Å². The number of aromatic nitrogens is 2. The number of amides is 2. The molecule has 176 valence electrons. The average molecular weight is 478 g/mol. The number of para-hydroxylation sites is 2. The Hall–Kier alpha value is -3.43. The molecule has 0 radical (unpaired) electrons. The second-order valence-corrected chi connectivity index (χ2v) is 10.5. The fourth-order valence-corrected chi connectivity index (χ4v) is 6.06. The summed E-state index contributed by atoms with van der Waals surface area (Å²) in [7, 11) is -3.71. The molecule has 4 aromatic rings. The molecule has 1 fully saturated rings. The maximum Gasteiger partial charge on any atom is 0.317 e. The molecular formula is C25H27N5O3S. The zero-order valence-electron chi connectivity index (χ0n) is 19.0. The first kappa shape index (κ1) is 22.4. The number of urea groups is 1. The van der Waals surface area contributed by atoms with Gasteiger partial charge in [0.05, 0.1) is 5.52 Å².